The van der Waals surface area contributed by atoms with E-state index in [1.165, 1.54) is 0 Å². The third kappa shape index (κ3) is 4.78. The van der Waals surface area contributed by atoms with Crippen LogP contribution in [0.4, 0.5) is 0 Å². The number of nitrogens with one attached hydrogen (secondary N) is 1. The lowest BCUT2D eigenvalue weighted by atomic mass is 10.2. The highest BCUT2D eigenvalue weighted by Gasteiger charge is 2.10. The average Bonchev–Trinajstić information content (AvgIpc) is 2.29. The van der Waals surface area contributed by atoms with Crippen LogP contribution in [-0.2, 0) is 6.54 Å². The van der Waals surface area contributed by atoms with Gasteiger partial charge >= 0.3 is 0 Å². The molecule has 0 radical (unpaired) electrons. The van der Waals surface area contributed by atoms with E-state index in [1.807, 2.05) is 6.07 Å². The Balaban J connectivity index is 2.91. The van der Waals surface area contributed by atoms with Crippen molar-refractivity contribution in [3.05, 3.63) is 27.7 Å². The molecule has 0 aliphatic heterocycles. The molecule has 1 rings (SSSR count). The summed E-state index contributed by atoms with van der Waals surface area (Å²) in [5.74, 6) is 6.28. The van der Waals surface area contributed by atoms with Crippen LogP contribution in [0.5, 0.6) is 5.75 Å². The van der Waals surface area contributed by atoms with Gasteiger partial charge in [-0.3, -0.25) is 0 Å². The van der Waals surface area contributed by atoms with Crippen molar-refractivity contribution in [1.82, 2.24) is 5.32 Å². The monoisotopic (exact) mass is 285 g/mol. The molecule has 0 heterocycles. The van der Waals surface area contributed by atoms with Gasteiger partial charge in [-0.1, -0.05) is 43.0 Å². The Hall–Kier alpha value is -0.880. The molecule has 98 valence electrons. The quantitative estimate of drug-likeness (QED) is 0.829. The van der Waals surface area contributed by atoms with Crippen molar-refractivity contribution in [2.45, 2.75) is 33.4 Å². The molecule has 1 N–H and O–H groups in total. The molecule has 0 saturated heterocycles. The third-order valence-corrected chi connectivity index (χ3v) is 2.75. The number of halogens is 2. The molecule has 0 aromatic heterocycles. The van der Waals surface area contributed by atoms with Gasteiger partial charge in [0.05, 0.1) is 5.02 Å². The molecule has 0 atom stereocenters. The Morgan fingerprint density at radius 2 is 2.06 bits per heavy atom. The van der Waals surface area contributed by atoms with Crippen molar-refractivity contribution in [3.8, 4) is 17.6 Å². The molecule has 0 unspecified atom stereocenters. The minimum absolute atomic E-state index is 0.326. The molecule has 1 aromatic carbocycles. The van der Waals surface area contributed by atoms with Crippen LogP contribution in [0.1, 0.15) is 26.3 Å². The van der Waals surface area contributed by atoms with E-state index in [2.05, 4.69) is 31.0 Å². The van der Waals surface area contributed by atoms with Gasteiger partial charge in [0.25, 0.3) is 0 Å². The summed E-state index contributed by atoms with van der Waals surface area (Å²) in [5, 5.41) is 4.43. The van der Waals surface area contributed by atoms with E-state index in [4.69, 9.17) is 27.9 Å². The van der Waals surface area contributed by atoms with Crippen LogP contribution < -0.4 is 10.1 Å². The summed E-state index contributed by atoms with van der Waals surface area (Å²) in [7, 11) is 0. The summed E-state index contributed by atoms with van der Waals surface area (Å²) in [6, 6.07) is 3.92. The predicted molar refractivity (Wildman–Crippen MR) is 77.4 cm³/mol. The standard InChI is InChI=1S/C14H17Cl2NO/c1-4-5-6-18-14-11(9-17-10(2)3)7-12(15)8-13(14)16/h7-8,10,17H,6,9H2,1-3H3. The van der Waals surface area contributed by atoms with Gasteiger partial charge in [0.15, 0.2) is 0 Å². The van der Waals surface area contributed by atoms with Crippen molar-refractivity contribution in [2.24, 2.45) is 0 Å². The molecule has 2 nitrogen and oxygen atoms in total. The first-order chi connectivity index (χ1) is 8.54. The zero-order valence-electron chi connectivity index (χ0n) is 10.8. The maximum atomic E-state index is 6.14. The second-order valence-electron chi connectivity index (χ2n) is 4.13. The minimum atomic E-state index is 0.326. The minimum Gasteiger partial charge on any atom is -0.479 e. The van der Waals surface area contributed by atoms with Gasteiger partial charge in [-0.05, 0) is 19.1 Å². The van der Waals surface area contributed by atoms with Crippen molar-refractivity contribution in [1.29, 1.82) is 0 Å². The molecular formula is C14H17Cl2NO. The first kappa shape index (κ1) is 15.2. The van der Waals surface area contributed by atoms with Crippen LogP contribution in [0.2, 0.25) is 10.0 Å². The lowest BCUT2D eigenvalue weighted by Crippen LogP contribution is -2.22. The van der Waals surface area contributed by atoms with Gasteiger partial charge < -0.3 is 10.1 Å². The van der Waals surface area contributed by atoms with Crippen LogP contribution in [-0.4, -0.2) is 12.6 Å². The van der Waals surface area contributed by atoms with Crippen LogP contribution in [0.3, 0.4) is 0 Å². The smallest absolute Gasteiger partial charge is 0.149 e. The first-order valence-electron chi connectivity index (χ1n) is 5.78. The molecule has 0 fully saturated rings. The molecule has 0 amide bonds. The van der Waals surface area contributed by atoms with Gasteiger partial charge in [-0.15, -0.1) is 5.92 Å². The lowest BCUT2D eigenvalue weighted by molar-refractivity contribution is 0.364. The highest BCUT2D eigenvalue weighted by Crippen LogP contribution is 2.32. The number of hydrogen-bond acceptors (Lipinski definition) is 2. The number of ether oxygens (including phenoxy) is 1. The summed E-state index contributed by atoms with van der Waals surface area (Å²) in [6.07, 6.45) is 0. The summed E-state index contributed by atoms with van der Waals surface area (Å²) < 4.78 is 5.59. The van der Waals surface area contributed by atoms with Crippen LogP contribution in [0, 0.1) is 11.8 Å². The Morgan fingerprint density at radius 1 is 1.33 bits per heavy atom. The fourth-order valence-corrected chi connectivity index (χ4v) is 1.99. The molecule has 18 heavy (non-hydrogen) atoms. The van der Waals surface area contributed by atoms with E-state index in [0.29, 0.717) is 35.0 Å². The third-order valence-electron chi connectivity index (χ3n) is 2.25. The van der Waals surface area contributed by atoms with E-state index in [9.17, 15) is 0 Å². The highest BCUT2D eigenvalue weighted by molar-refractivity contribution is 6.35. The second-order valence-corrected chi connectivity index (χ2v) is 4.97. The number of hydrogen-bond donors (Lipinski definition) is 1. The molecular weight excluding hydrogens is 269 g/mol. The fraction of sp³-hybridized carbons (Fsp3) is 0.429. The van der Waals surface area contributed by atoms with Crippen molar-refractivity contribution in [2.75, 3.05) is 6.61 Å². The second kappa shape index (κ2) is 7.53. The fourth-order valence-electron chi connectivity index (χ4n) is 1.40. The predicted octanol–water partition coefficient (Wildman–Crippen LogP) is 3.89. The van der Waals surface area contributed by atoms with Gasteiger partial charge in [-0.25, -0.2) is 0 Å². The average molecular weight is 286 g/mol. The Morgan fingerprint density at radius 3 is 2.67 bits per heavy atom. The van der Waals surface area contributed by atoms with Crippen molar-refractivity contribution in [3.63, 3.8) is 0 Å². The van der Waals surface area contributed by atoms with Crippen LogP contribution in [0.15, 0.2) is 12.1 Å². The molecule has 0 spiro atoms. The van der Waals surface area contributed by atoms with Gasteiger partial charge in [0, 0.05) is 23.2 Å². The normalized spacial score (nSPS) is 10.1. The van der Waals surface area contributed by atoms with E-state index < -0.39 is 0 Å². The maximum Gasteiger partial charge on any atom is 0.149 e. The number of benzene rings is 1. The van der Waals surface area contributed by atoms with E-state index in [-0.39, 0.29) is 0 Å². The molecule has 4 heteroatoms. The summed E-state index contributed by atoms with van der Waals surface area (Å²) in [4.78, 5) is 0. The van der Waals surface area contributed by atoms with E-state index in [1.54, 1.807) is 13.0 Å². The van der Waals surface area contributed by atoms with Crippen molar-refractivity contribution < 1.29 is 4.74 Å². The summed E-state index contributed by atoms with van der Waals surface area (Å²) >= 11 is 12.1. The van der Waals surface area contributed by atoms with Crippen molar-refractivity contribution >= 4 is 23.2 Å². The highest BCUT2D eigenvalue weighted by atomic mass is 35.5. The molecule has 0 aliphatic carbocycles. The number of rotatable bonds is 5. The zero-order valence-corrected chi connectivity index (χ0v) is 12.3. The molecule has 0 bridgehead atoms. The maximum absolute atomic E-state index is 6.14. The lowest BCUT2D eigenvalue weighted by Gasteiger charge is -2.14. The van der Waals surface area contributed by atoms with Gasteiger partial charge in [0.2, 0.25) is 0 Å². The molecule has 1 aromatic rings. The SMILES string of the molecule is CC#CCOc1c(Cl)cc(Cl)cc1CNC(C)C. The van der Waals surface area contributed by atoms with Gasteiger partial charge in [0.1, 0.15) is 12.4 Å². The molecule has 0 saturated carbocycles. The first-order valence-corrected chi connectivity index (χ1v) is 6.54. The Kier molecular flexibility index (Phi) is 6.35. The van der Waals surface area contributed by atoms with Crippen LogP contribution >= 0.6 is 23.2 Å². The van der Waals surface area contributed by atoms with Crippen LogP contribution in [0.25, 0.3) is 0 Å². The zero-order chi connectivity index (χ0) is 13.5. The van der Waals surface area contributed by atoms with E-state index >= 15 is 0 Å². The van der Waals surface area contributed by atoms with Gasteiger partial charge in [-0.2, -0.15) is 0 Å². The summed E-state index contributed by atoms with van der Waals surface area (Å²) in [6.45, 7) is 6.91. The summed E-state index contributed by atoms with van der Waals surface area (Å²) in [5.41, 5.74) is 0.944. The topological polar surface area (TPSA) is 21.3 Å². The Labute approximate surface area is 119 Å². The molecule has 0 aliphatic rings. The van der Waals surface area contributed by atoms with E-state index in [0.717, 1.165) is 5.56 Å². The largest absolute Gasteiger partial charge is 0.479 e. The Bertz CT molecular complexity index is 461.